The second-order valence-electron chi connectivity index (χ2n) is 7.03. The summed E-state index contributed by atoms with van der Waals surface area (Å²) in [6.07, 6.45) is 3.10. The third kappa shape index (κ3) is 5.22. The Kier molecular flexibility index (Phi) is 6.79. The number of hydrogen-bond donors (Lipinski definition) is 1. The van der Waals surface area contributed by atoms with Crippen LogP contribution in [0.25, 0.3) is 6.08 Å². The number of carbonyl (C=O) groups excluding carboxylic acids is 2. The molecule has 1 N–H and O–H groups in total. The number of rotatable bonds is 6. The number of nitro benzene ring substituents is 1. The number of nitrogens with one attached hydrogen (secondary N) is 1. The van der Waals surface area contributed by atoms with Gasteiger partial charge in [-0.1, -0.05) is 42.5 Å². The van der Waals surface area contributed by atoms with Gasteiger partial charge in [-0.2, -0.15) is 0 Å². The number of para-hydroxylation sites is 2. The lowest BCUT2D eigenvalue weighted by Gasteiger charge is -2.36. The van der Waals surface area contributed by atoms with Gasteiger partial charge in [-0.15, -0.1) is 0 Å². The third-order valence-corrected chi connectivity index (χ3v) is 4.97. The van der Waals surface area contributed by atoms with E-state index in [2.05, 4.69) is 5.32 Å². The minimum atomic E-state index is -0.657. The van der Waals surface area contributed by atoms with E-state index >= 15 is 0 Å². The summed E-state index contributed by atoms with van der Waals surface area (Å²) in [6.45, 7) is 3.51. The molecule has 2 aromatic carbocycles. The Morgan fingerprint density at radius 2 is 1.67 bits per heavy atom. The van der Waals surface area contributed by atoms with Crippen LogP contribution in [-0.2, 0) is 9.59 Å². The van der Waals surface area contributed by atoms with Crippen molar-refractivity contribution in [2.75, 3.05) is 31.1 Å². The van der Waals surface area contributed by atoms with E-state index in [0.29, 0.717) is 31.9 Å². The first-order valence-electron chi connectivity index (χ1n) is 9.76. The zero-order valence-corrected chi connectivity index (χ0v) is 16.7. The third-order valence-electron chi connectivity index (χ3n) is 4.97. The lowest BCUT2D eigenvalue weighted by atomic mass is 10.2. The van der Waals surface area contributed by atoms with Crippen LogP contribution in [0.2, 0.25) is 0 Å². The van der Waals surface area contributed by atoms with E-state index in [1.807, 2.05) is 35.2 Å². The maximum absolute atomic E-state index is 12.7. The lowest BCUT2D eigenvalue weighted by molar-refractivity contribution is -0.384. The van der Waals surface area contributed by atoms with Crippen molar-refractivity contribution in [2.45, 2.75) is 13.0 Å². The number of benzene rings is 2. The van der Waals surface area contributed by atoms with Crippen molar-refractivity contribution in [3.05, 3.63) is 76.4 Å². The molecule has 1 fully saturated rings. The fourth-order valence-corrected chi connectivity index (χ4v) is 3.39. The SMILES string of the molecule is CC(NC(=O)C=Cc1ccccc1)C(=O)N1CCN(c2ccccc2[N+](=O)[O-])CC1. The summed E-state index contributed by atoms with van der Waals surface area (Å²) in [4.78, 5) is 39.2. The molecule has 8 nitrogen and oxygen atoms in total. The zero-order valence-electron chi connectivity index (χ0n) is 16.7. The van der Waals surface area contributed by atoms with E-state index in [1.165, 1.54) is 12.1 Å². The maximum atomic E-state index is 12.7. The van der Waals surface area contributed by atoms with Gasteiger partial charge in [0.25, 0.3) is 5.69 Å². The van der Waals surface area contributed by atoms with Crippen molar-refractivity contribution < 1.29 is 14.5 Å². The Labute approximate surface area is 174 Å². The first-order valence-corrected chi connectivity index (χ1v) is 9.76. The molecular formula is C22H24N4O4. The van der Waals surface area contributed by atoms with Crippen molar-refractivity contribution in [3.63, 3.8) is 0 Å². The van der Waals surface area contributed by atoms with Crippen LogP contribution in [0.15, 0.2) is 60.7 Å². The normalized spacial score (nSPS) is 15.1. The summed E-state index contributed by atoms with van der Waals surface area (Å²) in [5, 5.41) is 13.9. The molecule has 156 valence electrons. The van der Waals surface area contributed by atoms with Gasteiger partial charge >= 0.3 is 0 Å². The molecule has 0 aromatic heterocycles. The summed E-state index contributed by atoms with van der Waals surface area (Å²) in [6, 6.07) is 15.4. The molecule has 0 bridgehead atoms. The first-order chi connectivity index (χ1) is 14.5. The smallest absolute Gasteiger partial charge is 0.292 e. The van der Waals surface area contributed by atoms with Gasteiger partial charge in [-0.25, -0.2) is 0 Å². The monoisotopic (exact) mass is 408 g/mol. The van der Waals surface area contributed by atoms with Gasteiger partial charge in [0.2, 0.25) is 11.8 Å². The zero-order chi connectivity index (χ0) is 21.5. The molecule has 3 rings (SSSR count). The molecule has 8 heteroatoms. The number of hydrogen-bond acceptors (Lipinski definition) is 5. The fourth-order valence-electron chi connectivity index (χ4n) is 3.39. The highest BCUT2D eigenvalue weighted by Crippen LogP contribution is 2.28. The van der Waals surface area contributed by atoms with Gasteiger partial charge in [0.1, 0.15) is 11.7 Å². The second-order valence-corrected chi connectivity index (χ2v) is 7.03. The largest absolute Gasteiger partial charge is 0.362 e. The molecule has 0 radical (unpaired) electrons. The van der Waals surface area contributed by atoms with E-state index in [9.17, 15) is 19.7 Å². The van der Waals surface area contributed by atoms with Crippen molar-refractivity contribution in [1.29, 1.82) is 0 Å². The van der Waals surface area contributed by atoms with Crippen LogP contribution in [0.5, 0.6) is 0 Å². The highest BCUT2D eigenvalue weighted by atomic mass is 16.6. The maximum Gasteiger partial charge on any atom is 0.292 e. The molecule has 1 unspecified atom stereocenters. The number of amides is 2. The predicted molar refractivity (Wildman–Crippen MR) is 115 cm³/mol. The molecule has 1 aliphatic heterocycles. The van der Waals surface area contributed by atoms with Gasteiger partial charge < -0.3 is 15.1 Å². The van der Waals surface area contributed by atoms with Crippen molar-refractivity contribution >= 4 is 29.3 Å². The summed E-state index contributed by atoms with van der Waals surface area (Å²) in [7, 11) is 0. The van der Waals surface area contributed by atoms with E-state index in [4.69, 9.17) is 0 Å². The minimum Gasteiger partial charge on any atom is -0.362 e. The minimum absolute atomic E-state index is 0.0584. The fraction of sp³-hybridized carbons (Fsp3) is 0.273. The average molecular weight is 408 g/mol. The molecule has 1 saturated heterocycles. The molecule has 0 spiro atoms. The van der Waals surface area contributed by atoms with Crippen LogP contribution in [0, 0.1) is 10.1 Å². The van der Waals surface area contributed by atoms with Crippen LogP contribution in [0.4, 0.5) is 11.4 Å². The van der Waals surface area contributed by atoms with E-state index in [1.54, 1.807) is 36.1 Å². The van der Waals surface area contributed by atoms with Crippen LogP contribution < -0.4 is 10.2 Å². The molecule has 30 heavy (non-hydrogen) atoms. The number of piperazine rings is 1. The molecule has 0 saturated carbocycles. The van der Waals surface area contributed by atoms with Crippen LogP contribution >= 0.6 is 0 Å². The average Bonchev–Trinajstić information content (AvgIpc) is 2.78. The molecule has 0 aliphatic carbocycles. The second kappa shape index (κ2) is 9.69. The number of anilines is 1. The molecular weight excluding hydrogens is 384 g/mol. The van der Waals surface area contributed by atoms with Crippen molar-refractivity contribution in [1.82, 2.24) is 10.2 Å². The molecule has 1 atom stereocenters. The van der Waals surface area contributed by atoms with Crippen LogP contribution in [-0.4, -0.2) is 53.9 Å². The lowest BCUT2D eigenvalue weighted by Crippen LogP contribution is -2.54. The quantitative estimate of drug-likeness (QED) is 0.450. The summed E-state index contributed by atoms with van der Waals surface area (Å²) in [5.41, 5.74) is 1.52. The first kappa shape index (κ1) is 21.0. The topological polar surface area (TPSA) is 95.8 Å². The molecule has 2 aromatic rings. The summed E-state index contributed by atoms with van der Waals surface area (Å²) >= 11 is 0. The Balaban J connectivity index is 1.53. The number of nitro groups is 1. The standard InChI is InChI=1S/C22H24N4O4/c1-17(23-21(27)12-11-18-7-3-2-4-8-18)22(28)25-15-13-24(14-16-25)19-9-5-6-10-20(19)26(29)30/h2-12,17H,13-16H2,1H3,(H,23,27). The summed E-state index contributed by atoms with van der Waals surface area (Å²) in [5.74, 6) is -0.503. The van der Waals surface area contributed by atoms with Crippen molar-refractivity contribution in [2.24, 2.45) is 0 Å². The van der Waals surface area contributed by atoms with Gasteiger partial charge in [0.15, 0.2) is 0 Å². The summed E-state index contributed by atoms with van der Waals surface area (Å²) < 4.78 is 0. The molecule has 1 heterocycles. The highest BCUT2D eigenvalue weighted by Gasteiger charge is 2.28. The van der Waals surface area contributed by atoms with E-state index < -0.39 is 11.0 Å². The van der Waals surface area contributed by atoms with E-state index in [0.717, 1.165) is 5.56 Å². The Morgan fingerprint density at radius 1 is 1.03 bits per heavy atom. The molecule has 2 amide bonds. The Morgan fingerprint density at radius 3 is 2.33 bits per heavy atom. The predicted octanol–water partition coefficient (Wildman–Crippen LogP) is 2.46. The number of carbonyl (C=O) groups is 2. The van der Waals surface area contributed by atoms with Gasteiger partial charge in [0, 0.05) is 38.3 Å². The van der Waals surface area contributed by atoms with E-state index in [-0.39, 0.29) is 17.5 Å². The Bertz CT molecular complexity index is 937. The molecule has 1 aliphatic rings. The van der Waals surface area contributed by atoms with Gasteiger partial charge in [0.05, 0.1) is 4.92 Å². The van der Waals surface area contributed by atoms with Crippen LogP contribution in [0.3, 0.4) is 0 Å². The van der Waals surface area contributed by atoms with Gasteiger partial charge in [-0.3, -0.25) is 19.7 Å². The van der Waals surface area contributed by atoms with Gasteiger partial charge in [-0.05, 0) is 24.6 Å². The highest BCUT2D eigenvalue weighted by molar-refractivity contribution is 5.95. The van der Waals surface area contributed by atoms with Crippen molar-refractivity contribution in [3.8, 4) is 0 Å². The Hall–Kier alpha value is -3.68. The van der Waals surface area contributed by atoms with Crippen LogP contribution in [0.1, 0.15) is 12.5 Å². The number of nitrogens with zero attached hydrogens (tertiary/aromatic N) is 3.